The number of aryl methyl sites for hydroxylation is 4. The van der Waals surface area contributed by atoms with Crippen LogP contribution in [0, 0.1) is 27.7 Å². The molecule has 348 valence electrons. The van der Waals surface area contributed by atoms with Gasteiger partial charge < -0.3 is 18.8 Å². The average Bonchev–Trinajstić information content (AvgIpc) is 4.11. The number of aromatic nitrogens is 12. The van der Waals surface area contributed by atoms with Crippen LogP contribution < -0.4 is 0 Å². The molecular weight excluding hydrogens is 879 g/mol. The number of hydrogen-bond acceptors (Lipinski definition) is 14. The largest absolute Gasteiger partial charge is 0.416 e. The predicted octanol–water partition coefficient (Wildman–Crippen LogP) is 7.01. The van der Waals surface area contributed by atoms with Crippen molar-refractivity contribution >= 4 is 24.0 Å². The fraction of sp³-hybridized carbons (Fsp3) is 0.429. The number of benzene rings is 2. The van der Waals surface area contributed by atoms with Crippen molar-refractivity contribution in [3.8, 4) is 0 Å². The summed E-state index contributed by atoms with van der Waals surface area (Å²) in [6.45, 7) is 7.66. The Bertz CT molecular complexity index is 2520. The summed E-state index contributed by atoms with van der Waals surface area (Å²) in [6, 6.07) is 6.11. The van der Waals surface area contributed by atoms with Crippen molar-refractivity contribution < 1.29 is 45.0 Å². The average molecular weight is 923 g/mol. The number of alkyl halides is 6. The van der Waals surface area contributed by atoms with E-state index in [1.54, 1.807) is 37.5 Å². The second-order valence-electron chi connectivity index (χ2n) is 15.7. The lowest BCUT2D eigenvalue weighted by molar-refractivity contribution is -0.138. The zero-order valence-corrected chi connectivity index (χ0v) is 36.2. The number of tetrazole rings is 2. The Hall–Kier alpha value is -7.14. The van der Waals surface area contributed by atoms with E-state index in [-0.39, 0.29) is 37.0 Å². The smallest absolute Gasteiger partial charge is 0.340 e. The fourth-order valence-electron chi connectivity index (χ4n) is 7.59. The van der Waals surface area contributed by atoms with E-state index in [9.17, 15) is 35.9 Å². The highest BCUT2D eigenvalue weighted by atomic mass is 19.4. The van der Waals surface area contributed by atoms with Crippen LogP contribution in [0.3, 0.4) is 0 Å². The number of piperidine rings is 2. The Labute approximate surface area is 372 Å². The molecule has 2 aliphatic heterocycles. The number of hydrogen-bond donors (Lipinski definition) is 0. The van der Waals surface area contributed by atoms with E-state index in [4.69, 9.17) is 9.05 Å². The van der Waals surface area contributed by atoms with Crippen LogP contribution in [0.15, 0.2) is 57.6 Å². The van der Waals surface area contributed by atoms with Gasteiger partial charge in [0.15, 0.2) is 23.3 Å². The lowest BCUT2D eigenvalue weighted by atomic mass is 10.0. The van der Waals surface area contributed by atoms with E-state index in [2.05, 4.69) is 51.1 Å². The number of rotatable bonds is 10. The summed E-state index contributed by atoms with van der Waals surface area (Å²) < 4.78 is 89.7. The summed E-state index contributed by atoms with van der Waals surface area (Å²) in [5.74, 6) is 2.01. The minimum Gasteiger partial charge on any atom is -0.340 e. The molecule has 0 bridgehead atoms. The molecule has 6 heterocycles. The van der Waals surface area contributed by atoms with Gasteiger partial charge in [-0.1, -0.05) is 22.4 Å². The first-order valence-electron chi connectivity index (χ1n) is 20.9. The minimum atomic E-state index is -4.50. The molecule has 66 heavy (non-hydrogen) atoms. The van der Waals surface area contributed by atoms with Gasteiger partial charge in [0, 0.05) is 39.1 Å². The highest BCUT2D eigenvalue weighted by Gasteiger charge is 2.34. The first-order valence-corrected chi connectivity index (χ1v) is 20.9. The number of carbonyl (C=O) groups excluding carboxylic acids is 2. The zero-order valence-electron chi connectivity index (χ0n) is 36.2. The van der Waals surface area contributed by atoms with Gasteiger partial charge in [-0.3, -0.25) is 9.59 Å². The van der Waals surface area contributed by atoms with Gasteiger partial charge in [-0.05, 0) is 121 Å². The van der Waals surface area contributed by atoms with Crippen molar-refractivity contribution in [2.45, 2.75) is 104 Å². The number of nitrogens with zero attached hydrogens (tertiary/aromatic N) is 14. The van der Waals surface area contributed by atoms with Crippen molar-refractivity contribution in [3.05, 3.63) is 117 Å². The molecule has 2 atom stereocenters. The Kier molecular flexibility index (Phi) is 14.2. The quantitative estimate of drug-likeness (QED) is 0.100. The second kappa shape index (κ2) is 19.9. The molecule has 0 N–H and O–H groups in total. The van der Waals surface area contributed by atoms with Gasteiger partial charge in [0.25, 0.3) is 0 Å². The zero-order chi connectivity index (χ0) is 47.2. The monoisotopic (exact) mass is 922 g/mol. The maximum Gasteiger partial charge on any atom is 0.416 e. The SMILES string of the molecule is Cc1nnn(Cc2cc(C(F)(F)F)ccc2/C=C/C(=O)N2CCCC[C@@H]2c2noc(C)n2)n1.Cc1nnn(Cc2cc(C(F)(F)F)ccc2/C=C/C(=O)N2CCCC[C@H]2c2noc(C)n2)n1. The normalized spacial score (nSPS) is 17.1. The van der Waals surface area contributed by atoms with Gasteiger partial charge in [-0.25, -0.2) is 0 Å². The molecule has 24 heteroatoms. The fourth-order valence-corrected chi connectivity index (χ4v) is 7.59. The summed E-state index contributed by atoms with van der Waals surface area (Å²) in [4.78, 5) is 40.2. The number of amides is 2. The maximum atomic E-state index is 13.3. The molecule has 2 amide bonds. The van der Waals surface area contributed by atoms with E-state index in [0.717, 1.165) is 49.9 Å². The van der Waals surface area contributed by atoms with Crippen molar-refractivity contribution in [2.75, 3.05) is 13.1 Å². The standard InChI is InChI=1S/2C21H22F3N7O2/c2*1-13-26-29-31(27-13)12-16-11-17(21(22,23)24)8-6-15(16)7-9-19(32)30-10-4-3-5-18(30)20-25-14(2)33-28-20/h2*6-9,11,18H,3-5,10,12H2,1-2H3/b2*9-7+/t2*18-/m10/s1. The first-order chi connectivity index (χ1) is 31.4. The number of carbonyl (C=O) groups is 2. The summed E-state index contributed by atoms with van der Waals surface area (Å²) in [5, 5.41) is 31.2. The van der Waals surface area contributed by atoms with E-state index < -0.39 is 23.5 Å². The summed E-state index contributed by atoms with van der Waals surface area (Å²) >= 11 is 0. The van der Waals surface area contributed by atoms with Gasteiger partial charge in [0.2, 0.25) is 23.6 Å². The lowest BCUT2D eigenvalue weighted by Gasteiger charge is -2.33. The molecule has 2 fully saturated rings. The topological polar surface area (TPSA) is 206 Å². The van der Waals surface area contributed by atoms with Crippen molar-refractivity contribution in [2.24, 2.45) is 0 Å². The molecule has 2 saturated heterocycles. The van der Waals surface area contributed by atoms with Crippen LogP contribution in [-0.4, -0.2) is 95.4 Å². The van der Waals surface area contributed by atoms with Crippen molar-refractivity contribution in [1.29, 1.82) is 0 Å². The third-order valence-corrected chi connectivity index (χ3v) is 10.7. The molecule has 0 saturated carbocycles. The molecule has 4 aromatic heterocycles. The van der Waals surface area contributed by atoms with Crippen LogP contribution in [0.25, 0.3) is 12.2 Å². The van der Waals surface area contributed by atoms with E-state index >= 15 is 0 Å². The van der Waals surface area contributed by atoms with Crippen LogP contribution in [0.2, 0.25) is 0 Å². The Morgan fingerprint density at radius 2 is 1.05 bits per heavy atom. The summed E-state index contributed by atoms with van der Waals surface area (Å²) in [7, 11) is 0. The molecule has 6 aromatic rings. The van der Waals surface area contributed by atoms with Gasteiger partial charge in [0.1, 0.15) is 0 Å². The highest BCUT2D eigenvalue weighted by molar-refractivity contribution is 5.93. The van der Waals surface area contributed by atoms with E-state index in [0.29, 0.717) is 83.3 Å². The second-order valence-corrected chi connectivity index (χ2v) is 15.7. The van der Waals surface area contributed by atoms with Crippen molar-refractivity contribution in [3.63, 3.8) is 0 Å². The molecule has 0 unspecified atom stereocenters. The number of likely N-dealkylation sites (tertiary alicyclic amines) is 2. The summed E-state index contributed by atoms with van der Waals surface area (Å²) in [6.07, 6.45) is 1.70. The van der Waals surface area contributed by atoms with Gasteiger partial charge >= 0.3 is 12.4 Å². The molecule has 2 aliphatic rings. The van der Waals surface area contributed by atoms with Crippen LogP contribution in [-0.2, 0) is 35.0 Å². The van der Waals surface area contributed by atoms with E-state index in [1.165, 1.54) is 46.0 Å². The molecular formula is C42H44F6N14O4. The highest BCUT2D eigenvalue weighted by Crippen LogP contribution is 2.34. The van der Waals surface area contributed by atoms with Gasteiger partial charge in [-0.15, -0.1) is 20.4 Å². The van der Waals surface area contributed by atoms with Crippen LogP contribution in [0.4, 0.5) is 26.3 Å². The summed E-state index contributed by atoms with van der Waals surface area (Å²) in [5.41, 5.74) is -0.0428. The molecule has 0 radical (unpaired) electrons. The number of halogens is 6. The Balaban J connectivity index is 0.000000196. The molecule has 2 aromatic carbocycles. The first kappa shape index (κ1) is 46.8. The molecule has 0 spiro atoms. The van der Waals surface area contributed by atoms with E-state index in [1.807, 2.05) is 0 Å². The third kappa shape index (κ3) is 11.8. The Morgan fingerprint density at radius 3 is 1.38 bits per heavy atom. The third-order valence-electron chi connectivity index (χ3n) is 10.7. The predicted molar refractivity (Wildman–Crippen MR) is 219 cm³/mol. The van der Waals surface area contributed by atoms with Crippen molar-refractivity contribution in [1.82, 2.24) is 70.5 Å². The molecule has 8 rings (SSSR count). The minimum absolute atomic E-state index is 0.0207. The molecule has 0 aliphatic carbocycles. The van der Waals surface area contributed by atoms with Gasteiger partial charge in [-0.2, -0.15) is 45.9 Å². The molecule has 18 nitrogen and oxygen atoms in total. The Morgan fingerprint density at radius 1 is 0.636 bits per heavy atom. The van der Waals surface area contributed by atoms with Crippen LogP contribution >= 0.6 is 0 Å². The van der Waals surface area contributed by atoms with Crippen LogP contribution in [0.5, 0.6) is 0 Å². The van der Waals surface area contributed by atoms with Gasteiger partial charge in [0.05, 0.1) is 36.3 Å². The lowest BCUT2D eigenvalue weighted by Crippen LogP contribution is -2.38. The van der Waals surface area contributed by atoms with Crippen LogP contribution in [0.1, 0.15) is 119 Å². The maximum absolute atomic E-state index is 13.3.